The Morgan fingerprint density at radius 3 is 2.65 bits per heavy atom. The molecule has 1 aliphatic rings. The molecule has 1 amide bonds. The van der Waals surface area contributed by atoms with E-state index in [0.29, 0.717) is 24.1 Å². The van der Waals surface area contributed by atoms with Gasteiger partial charge in [-0.2, -0.15) is 0 Å². The average molecular weight is 298 g/mol. The van der Waals surface area contributed by atoms with Gasteiger partial charge in [0.2, 0.25) is 10.0 Å². The van der Waals surface area contributed by atoms with Crippen LogP contribution >= 0.6 is 0 Å². The van der Waals surface area contributed by atoms with E-state index in [2.05, 4.69) is 12.2 Å². The molecule has 2 rings (SSSR count). The number of nitrogens with two attached hydrogens (primary N) is 1. The fraction of sp³-hybridized carbons (Fsp3) is 0.462. The minimum absolute atomic E-state index is 0.108. The molecule has 1 fully saturated rings. The summed E-state index contributed by atoms with van der Waals surface area (Å²) in [5, 5.41) is 7.86. The Hall–Kier alpha value is -1.60. The van der Waals surface area contributed by atoms with Crippen molar-refractivity contribution in [1.82, 2.24) is 5.32 Å². The number of rotatable bonds is 5. The third-order valence-electron chi connectivity index (χ3n) is 3.55. The van der Waals surface area contributed by atoms with Gasteiger partial charge in [-0.15, -0.1) is 0 Å². The molecule has 0 radical (unpaired) electrons. The predicted molar refractivity (Wildman–Crippen MR) is 74.0 cm³/mol. The van der Waals surface area contributed by atoms with Crippen molar-refractivity contribution in [2.24, 2.45) is 17.0 Å². The molecule has 0 spiro atoms. The van der Waals surface area contributed by atoms with Gasteiger partial charge < -0.3 is 10.1 Å². The Kier molecular flexibility index (Phi) is 4.01. The quantitative estimate of drug-likeness (QED) is 0.837. The first-order valence-electron chi connectivity index (χ1n) is 6.32. The SMILES string of the molecule is COc1ccc(S(N)(=O)=O)cc1C(=O)NCC1CC1C. The first-order chi connectivity index (χ1) is 9.32. The summed E-state index contributed by atoms with van der Waals surface area (Å²) in [4.78, 5) is 12.0. The van der Waals surface area contributed by atoms with Gasteiger partial charge in [-0.3, -0.25) is 4.79 Å². The molecule has 2 unspecified atom stereocenters. The monoisotopic (exact) mass is 298 g/mol. The number of carbonyl (C=O) groups excluding carboxylic acids is 1. The molecule has 0 saturated heterocycles. The number of primary sulfonamides is 1. The Morgan fingerprint density at radius 1 is 1.50 bits per heavy atom. The third kappa shape index (κ3) is 3.29. The molecule has 1 saturated carbocycles. The number of amides is 1. The van der Waals surface area contributed by atoms with Crippen LogP contribution in [0.15, 0.2) is 23.1 Å². The van der Waals surface area contributed by atoms with Crippen molar-refractivity contribution in [3.05, 3.63) is 23.8 Å². The van der Waals surface area contributed by atoms with Gasteiger partial charge in [0.1, 0.15) is 5.75 Å². The maximum Gasteiger partial charge on any atom is 0.255 e. The topological polar surface area (TPSA) is 98.5 Å². The fourth-order valence-electron chi connectivity index (χ4n) is 2.04. The van der Waals surface area contributed by atoms with E-state index in [1.54, 1.807) is 0 Å². The van der Waals surface area contributed by atoms with E-state index in [4.69, 9.17) is 9.88 Å². The number of sulfonamides is 1. The van der Waals surface area contributed by atoms with Gasteiger partial charge in [-0.05, 0) is 36.5 Å². The van der Waals surface area contributed by atoms with Crippen molar-refractivity contribution in [2.75, 3.05) is 13.7 Å². The van der Waals surface area contributed by atoms with E-state index in [-0.39, 0.29) is 16.4 Å². The van der Waals surface area contributed by atoms with Crippen molar-refractivity contribution in [3.8, 4) is 5.75 Å². The van der Waals surface area contributed by atoms with Crippen molar-refractivity contribution in [3.63, 3.8) is 0 Å². The van der Waals surface area contributed by atoms with Crippen LogP contribution in [0.25, 0.3) is 0 Å². The molecule has 1 aromatic carbocycles. The van der Waals surface area contributed by atoms with Gasteiger partial charge in [0.25, 0.3) is 5.91 Å². The Labute approximate surface area is 118 Å². The van der Waals surface area contributed by atoms with Crippen LogP contribution in [-0.2, 0) is 10.0 Å². The number of methoxy groups -OCH3 is 1. The Morgan fingerprint density at radius 2 is 2.15 bits per heavy atom. The van der Waals surface area contributed by atoms with Gasteiger partial charge >= 0.3 is 0 Å². The summed E-state index contributed by atoms with van der Waals surface area (Å²) in [6.07, 6.45) is 1.11. The zero-order chi connectivity index (χ0) is 14.9. The second kappa shape index (κ2) is 5.41. The molecule has 2 atom stereocenters. The van der Waals surface area contributed by atoms with Crippen molar-refractivity contribution < 1.29 is 17.9 Å². The molecule has 3 N–H and O–H groups in total. The second-order valence-electron chi connectivity index (χ2n) is 5.09. The van der Waals surface area contributed by atoms with Gasteiger partial charge in [0, 0.05) is 6.54 Å². The van der Waals surface area contributed by atoms with E-state index in [0.717, 1.165) is 6.42 Å². The van der Waals surface area contributed by atoms with Crippen LogP contribution in [-0.4, -0.2) is 28.0 Å². The van der Waals surface area contributed by atoms with Crippen LogP contribution in [0.2, 0.25) is 0 Å². The first kappa shape index (κ1) is 14.8. The second-order valence-corrected chi connectivity index (χ2v) is 6.65. The molecule has 0 aliphatic heterocycles. The zero-order valence-corrected chi connectivity index (χ0v) is 12.2. The molecule has 1 aliphatic carbocycles. The lowest BCUT2D eigenvalue weighted by molar-refractivity contribution is 0.0948. The lowest BCUT2D eigenvalue weighted by atomic mass is 10.2. The minimum Gasteiger partial charge on any atom is -0.496 e. The Balaban J connectivity index is 2.21. The summed E-state index contributed by atoms with van der Waals surface area (Å²) in [6.45, 7) is 2.71. The van der Waals surface area contributed by atoms with E-state index >= 15 is 0 Å². The molecule has 20 heavy (non-hydrogen) atoms. The van der Waals surface area contributed by atoms with Gasteiger partial charge in [-0.1, -0.05) is 6.92 Å². The third-order valence-corrected chi connectivity index (χ3v) is 4.46. The van der Waals surface area contributed by atoms with Crippen molar-refractivity contribution >= 4 is 15.9 Å². The average Bonchev–Trinajstić information content (AvgIpc) is 3.10. The van der Waals surface area contributed by atoms with Crippen LogP contribution in [0.3, 0.4) is 0 Å². The summed E-state index contributed by atoms with van der Waals surface area (Å²) < 4.78 is 27.7. The highest BCUT2D eigenvalue weighted by molar-refractivity contribution is 7.89. The van der Waals surface area contributed by atoms with Crippen molar-refractivity contribution in [1.29, 1.82) is 0 Å². The number of carbonyl (C=O) groups is 1. The smallest absolute Gasteiger partial charge is 0.255 e. The number of hydrogen-bond acceptors (Lipinski definition) is 4. The van der Waals surface area contributed by atoms with Crippen LogP contribution in [0, 0.1) is 11.8 Å². The fourth-order valence-corrected chi connectivity index (χ4v) is 2.58. The molecule has 0 heterocycles. The number of nitrogens with one attached hydrogen (secondary N) is 1. The minimum atomic E-state index is -3.85. The van der Waals surface area contributed by atoms with Crippen LogP contribution in [0.5, 0.6) is 5.75 Å². The summed E-state index contributed by atoms with van der Waals surface area (Å²) in [7, 11) is -2.42. The first-order valence-corrected chi connectivity index (χ1v) is 7.86. The van der Waals surface area contributed by atoms with Gasteiger partial charge in [0.15, 0.2) is 0 Å². The molecular weight excluding hydrogens is 280 g/mol. The highest BCUT2D eigenvalue weighted by Crippen LogP contribution is 2.36. The Bertz CT molecular complexity index is 627. The number of ether oxygens (including phenoxy) is 1. The van der Waals surface area contributed by atoms with E-state index < -0.39 is 10.0 Å². The van der Waals surface area contributed by atoms with E-state index in [1.807, 2.05) is 0 Å². The molecule has 7 heteroatoms. The van der Waals surface area contributed by atoms with Crippen LogP contribution in [0.4, 0.5) is 0 Å². The molecule has 1 aromatic rings. The van der Waals surface area contributed by atoms with Crippen molar-refractivity contribution in [2.45, 2.75) is 18.2 Å². The van der Waals surface area contributed by atoms with Gasteiger partial charge in [-0.25, -0.2) is 13.6 Å². The number of hydrogen-bond donors (Lipinski definition) is 2. The molecule has 0 aromatic heterocycles. The van der Waals surface area contributed by atoms with E-state index in [9.17, 15) is 13.2 Å². The summed E-state index contributed by atoms with van der Waals surface area (Å²) >= 11 is 0. The molecule has 0 bridgehead atoms. The summed E-state index contributed by atoms with van der Waals surface area (Å²) in [6, 6.07) is 3.97. The highest BCUT2D eigenvalue weighted by Gasteiger charge is 2.32. The standard InChI is InChI=1S/C13H18N2O4S/c1-8-5-9(8)7-15-13(16)11-6-10(20(14,17)18)3-4-12(11)19-2/h3-4,6,8-9H,5,7H2,1-2H3,(H,15,16)(H2,14,17,18). The lowest BCUT2D eigenvalue weighted by Gasteiger charge is -2.10. The summed E-state index contributed by atoms with van der Waals surface area (Å²) in [5.41, 5.74) is 0.173. The predicted octanol–water partition coefficient (Wildman–Crippen LogP) is 0.728. The molecule has 110 valence electrons. The lowest BCUT2D eigenvalue weighted by Crippen LogP contribution is -2.26. The van der Waals surface area contributed by atoms with Gasteiger partial charge in [0.05, 0.1) is 17.6 Å². The maximum absolute atomic E-state index is 12.1. The number of benzene rings is 1. The largest absolute Gasteiger partial charge is 0.496 e. The zero-order valence-electron chi connectivity index (χ0n) is 11.4. The van der Waals surface area contributed by atoms with E-state index in [1.165, 1.54) is 25.3 Å². The summed E-state index contributed by atoms with van der Waals surface area (Å²) in [5.74, 6) is 1.10. The molecular formula is C13H18N2O4S. The van der Waals surface area contributed by atoms with Crippen LogP contribution < -0.4 is 15.2 Å². The molecule has 6 nitrogen and oxygen atoms in total. The maximum atomic E-state index is 12.1. The normalized spacial score (nSPS) is 21.4. The van der Waals surface area contributed by atoms with Crippen LogP contribution in [0.1, 0.15) is 23.7 Å². The highest BCUT2D eigenvalue weighted by atomic mass is 32.2.